The number of hydrogen-bond donors (Lipinski definition) is 1. The predicted octanol–water partition coefficient (Wildman–Crippen LogP) is 2.67. The standard InChI is InChI=1S/C22H20F2N4O3/c1-13-7-17(26-28(13)11-14-8-15(23)10-16(24)9-14)21(29)25-18-12-31-20-6-4-3-5-19(20)27(2)22(18)30/h3-10,18H,11-12H2,1-2H3,(H,25,29)/t18-/m0/s1. The molecular weight excluding hydrogens is 406 g/mol. The van der Waals surface area contributed by atoms with Gasteiger partial charge in [-0.1, -0.05) is 12.1 Å². The first kappa shape index (κ1) is 20.5. The minimum absolute atomic E-state index is 0.0197. The number of rotatable bonds is 4. The molecule has 4 rings (SSSR count). The largest absolute Gasteiger partial charge is 0.489 e. The van der Waals surface area contributed by atoms with Gasteiger partial charge >= 0.3 is 0 Å². The summed E-state index contributed by atoms with van der Waals surface area (Å²) in [4.78, 5) is 27.0. The topological polar surface area (TPSA) is 76.5 Å². The van der Waals surface area contributed by atoms with E-state index in [2.05, 4.69) is 10.4 Å². The lowest BCUT2D eigenvalue weighted by Gasteiger charge is -2.20. The number of anilines is 1. The molecule has 7 nitrogen and oxygen atoms in total. The lowest BCUT2D eigenvalue weighted by Crippen LogP contribution is -2.49. The number of benzene rings is 2. The minimum Gasteiger partial charge on any atom is -0.489 e. The second-order valence-corrected chi connectivity index (χ2v) is 7.31. The van der Waals surface area contributed by atoms with Gasteiger partial charge in [0.15, 0.2) is 0 Å². The summed E-state index contributed by atoms with van der Waals surface area (Å²) in [6.07, 6.45) is 0. The second-order valence-electron chi connectivity index (χ2n) is 7.31. The zero-order valence-corrected chi connectivity index (χ0v) is 16.9. The van der Waals surface area contributed by atoms with E-state index in [4.69, 9.17) is 4.74 Å². The second kappa shape index (κ2) is 8.17. The normalized spacial score (nSPS) is 15.8. The lowest BCUT2D eigenvalue weighted by molar-refractivity contribution is -0.120. The molecule has 1 atom stereocenters. The number of carbonyl (C=O) groups excluding carboxylic acids is 2. The molecule has 1 aliphatic heterocycles. The van der Waals surface area contributed by atoms with Crippen LogP contribution in [0, 0.1) is 18.6 Å². The van der Waals surface area contributed by atoms with Crippen LogP contribution in [0.25, 0.3) is 0 Å². The van der Waals surface area contributed by atoms with E-state index in [1.54, 1.807) is 44.3 Å². The maximum atomic E-state index is 13.4. The number of nitrogens with zero attached hydrogens (tertiary/aromatic N) is 3. The monoisotopic (exact) mass is 426 g/mol. The fourth-order valence-corrected chi connectivity index (χ4v) is 3.45. The molecule has 1 aromatic heterocycles. The van der Waals surface area contributed by atoms with Crippen molar-refractivity contribution in [3.8, 4) is 5.75 Å². The average Bonchev–Trinajstić information content (AvgIpc) is 3.04. The molecule has 0 saturated carbocycles. The number of nitrogens with one attached hydrogen (secondary N) is 1. The molecule has 1 N–H and O–H groups in total. The van der Waals surface area contributed by atoms with E-state index in [9.17, 15) is 18.4 Å². The van der Waals surface area contributed by atoms with Gasteiger partial charge in [0.25, 0.3) is 11.8 Å². The van der Waals surface area contributed by atoms with E-state index in [-0.39, 0.29) is 24.8 Å². The van der Waals surface area contributed by atoms with Crippen molar-refractivity contribution in [3.63, 3.8) is 0 Å². The molecule has 0 radical (unpaired) electrons. The maximum Gasteiger partial charge on any atom is 0.272 e. The van der Waals surface area contributed by atoms with E-state index >= 15 is 0 Å². The molecule has 2 amide bonds. The van der Waals surface area contributed by atoms with Crippen molar-refractivity contribution in [2.75, 3.05) is 18.6 Å². The van der Waals surface area contributed by atoms with Gasteiger partial charge in [0, 0.05) is 18.8 Å². The van der Waals surface area contributed by atoms with Crippen LogP contribution in [0.15, 0.2) is 48.5 Å². The van der Waals surface area contributed by atoms with Crippen LogP contribution >= 0.6 is 0 Å². The van der Waals surface area contributed by atoms with Crippen LogP contribution in [0.5, 0.6) is 5.75 Å². The highest BCUT2D eigenvalue weighted by atomic mass is 19.1. The summed E-state index contributed by atoms with van der Waals surface area (Å²) in [5, 5.41) is 6.89. The van der Waals surface area contributed by atoms with Crippen LogP contribution in [0.3, 0.4) is 0 Å². The Bertz CT molecular complexity index is 1140. The zero-order valence-electron chi connectivity index (χ0n) is 16.9. The van der Waals surface area contributed by atoms with Crippen LogP contribution in [0.2, 0.25) is 0 Å². The molecule has 9 heteroatoms. The predicted molar refractivity (Wildman–Crippen MR) is 109 cm³/mol. The summed E-state index contributed by atoms with van der Waals surface area (Å²) in [5.41, 5.74) is 1.71. The van der Waals surface area contributed by atoms with Crippen molar-refractivity contribution in [1.82, 2.24) is 15.1 Å². The van der Waals surface area contributed by atoms with Gasteiger partial charge in [-0.15, -0.1) is 0 Å². The molecule has 0 fully saturated rings. The number of fused-ring (bicyclic) bond motifs is 1. The molecule has 2 heterocycles. The Kier molecular flexibility index (Phi) is 5.41. The molecule has 160 valence electrons. The Morgan fingerprint density at radius 1 is 1.19 bits per heavy atom. The molecule has 0 aliphatic carbocycles. The first-order chi connectivity index (χ1) is 14.8. The third-order valence-corrected chi connectivity index (χ3v) is 5.03. The number of halogens is 2. The highest BCUT2D eigenvalue weighted by Crippen LogP contribution is 2.29. The molecule has 2 aromatic carbocycles. The number of aryl methyl sites for hydroxylation is 1. The molecule has 0 spiro atoms. The summed E-state index contributed by atoms with van der Waals surface area (Å²) in [6.45, 7) is 1.80. The van der Waals surface area contributed by atoms with Gasteiger partial charge < -0.3 is 15.0 Å². The molecule has 3 aromatic rings. The number of ether oxygens (including phenoxy) is 1. The molecular formula is C22H20F2N4O3. The van der Waals surface area contributed by atoms with Gasteiger partial charge in [0.2, 0.25) is 0 Å². The van der Waals surface area contributed by atoms with Crippen molar-refractivity contribution in [2.45, 2.75) is 19.5 Å². The molecule has 1 aliphatic rings. The third-order valence-electron chi connectivity index (χ3n) is 5.03. The Morgan fingerprint density at radius 2 is 1.90 bits per heavy atom. The number of hydrogen-bond acceptors (Lipinski definition) is 4. The Hall–Kier alpha value is -3.75. The van der Waals surface area contributed by atoms with Crippen molar-refractivity contribution >= 4 is 17.5 Å². The highest BCUT2D eigenvalue weighted by Gasteiger charge is 2.31. The van der Waals surface area contributed by atoms with E-state index in [0.29, 0.717) is 22.7 Å². The van der Waals surface area contributed by atoms with Crippen molar-refractivity contribution in [1.29, 1.82) is 0 Å². The third kappa shape index (κ3) is 4.25. The average molecular weight is 426 g/mol. The summed E-state index contributed by atoms with van der Waals surface area (Å²) in [5.74, 6) is -1.68. The number of likely N-dealkylation sites (N-methyl/N-ethyl adjacent to an activating group) is 1. The van der Waals surface area contributed by atoms with Crippen molar-refractivity contribution in [2.24, 2.45) is 0 Å². The number of carbonyl (C=O) groups is 2. The quantitative estimate of drug-likeness (QED) is 0.696. The van der Waals surface area contributed by atoms with Crippen LogP contribution in [0.1, 0.15) is 21.7 Å². The smallest absolute Gasteiger partial charge is 0.272 e. The fraction of sp³-hybridized carbons (Fsp3) is 0.227. The van der Waals surface area contributed by atoms with Crippen LogP contribution in [-0.4, -0.2) is 41.3 Å². The molecule has 31 heavy (non-hydrogen) atoms. The van der Waals surface area contributed by atoms with E-state index in [0.717, 1.165) is 6.07 Å². The summed E-state index contributed by atoms with van der Waals surface area (Å²) in [6, 6.07) is 11.0. The Morgan fingerprint density at radius 3 is 2.65 bits per heavy atom. The van der Waals surface area contributed by atoms with Gasteiger partial charge in [-0.25, -0.2) is 8.78 Å². The Labute approximate surface area is 177 Å². The summed E-state index contributed by atoms with van der Waals surface area (Å²) >= 11 is 0. The number of amides is 2. The van der Waals surface area contributed by atoms with Crippen LogP contribution < -0.4 is 15.0 Å². The van der Waals surface area contributed by atoms with Gasteiger partial charge in [0.05, 0.1) is 12.2 Å². The Balaban J connectivity index is 1.49. The van der Waals surface area contributed by atoms with Crippen LogP contribution in [0.4, 0.5) is 14.5 Å². The van der Waals surface area contributed by atoms with E-state index < -0.39 is 23.6 Å². The molecule has 0 bridgehead atoms. The van der Waals surface area contributed by atoms with Gasteiger partial charge in [-0.3, -0.25) is 14.3 Å². The highest BCUT2D eigenvalue weighted by molar-refractivity contribution is 6.02. The number of para-hydroxylation sites is 2. The molecule has 0 unspecified atom stereocenters. The van der Waals surface area contributed by atoms with Gasteiger partial charge in [0.1, 0.15) is 35.7 Å². The lowest BCUT2D eigenvalue weighted by atomic mass is 10.2. The number of aromatic nitrogens is 2. The van der Waals surface area contributed by atoms with Gasteiger partial charge in [-0.2, -0.15) is 5.10 Å². The van der Waals surface area contributed by atoms with Crippen molar-refractivity contribution < 1.29 is 23.1 Å². The van der Waals surface area contributed by atoms with E-state index in [1.165, 1.54) is 21.7 Å². The van der Waals surface area contributed by atoms with Crippen LogP contribution in [-0.2, 0) is 11.3 Å². The maximum absolute atomic E-state index is 13.4. The van der Waals surface area contributed by atoms with Gasteiger partial charge in [-0.05, 0) is 42.8 Å². The van der Waals surface area contributed by atoms with Crippen molar-refractivity contribution in [3.05, 3.63) is 77.1 Å². The first-order valence-electron chi connectivity index (χ1n) is 9.61. The summed E-state index contributed by atoms with van der Waals surface area (Å²) in [7, 11) is 1.62. The zero-order chi connectivity index (χ0) is 22.1. The SMILES string of the molecule is Cc1cc(C(=O)N[C@H]2COc3ccccc3N(C)C2=O)nn1Cc1cc(F)cc(F)c1. The van der Waals surface area contributed by atoms with E-state index in [1.807, 2.05) is 0 Å². The fourth-order valence-electron chi connectivity index (χ4n) is 3.45. The minimum atomic E-state index is -0.896. The summed E-state index contributed by atoms with van der Waals surface area (Å²) < 4.78 is 34.1. The first-order valence-corrected chi connectivity index (χ1v) is 9.61. The molecule has 0 saturated heterocycles.